The molecule has 1 N–H and O–H groups in total. The van der Waals surface area contributed by atoms with Gasteiger partial charge in [0, 0.05) is 18.1 Å². The average molecular weight is 540 g/mol. The number of aromatic nitrogens is 1. The second-order valence-corrected chi connectivity index (χ2v) is 11.2. The van der Waals surface area contributed by atoms with Gasteiger partial charge in [0.05, 0.1) is 17.7 Å². The Morgan fingerprint density at radius 3 is 2.13 bits per heavy atom. The highest BCUT2D eigenvalue weighted by Gasteiger charge is 2.15. The molecule has 38 heavy (non-hydrogen) atoms. The predicted octanol–water partition coefficient (Wildman–Crippen LogP) is 8.86. The molecule has 0 fully saturated rings. The average Bonchev–Trinajstić information content (AvgIpc) is 3.32. The molecule has 0 aliphatic heterocycles. The van der Waals surface area contributed by atoms with Crippen LogP contribution < -0.4 is 14.6 Å². The Kier molecular flexibility index (Phi) is 13.3. The number of ether oxygens (including phenoxy) is 1. The van der Waals surface area contributed by atoms with Crippen LogP contribution >= 0.6 is 11.3 Å². The molecular formula is C32H44FN2O2S+. The summed E-state index contributed by atoms with van der Waals surface area (Å²) in [6.45, 7) is 5.55. The second-order valence-electron chi connectivity index (χ2n) is 10.1. The number of thiazole rings is 1. The molecule has 0 atom stereocenters. The lowest BCUT2D eigenvalue weighted by atomic mass is 10.1. The number of carbonyl (C=O) groups excluding carboxylic acids is 1. The highest BCUT2D eigenvalue weighted by atomic mass is 32.1. The maximum atomic E-state index is 14.5. The van der Waals surface area contributed by atoms with Crippen molar-refractivity contribution >= 4 is 22.9 Å². The van der Waals surface area contributed by atoms with Crippen LogP contribution in [0.25, 0.3) is 0 Å². The monoisotopic (exact) mass is 539 g/mol. The van der Waals surface area contributed by atoms with Crippen LogP contribution in [0.15, 0.2) is 54.0 Å². The number of para-hydroxylation sites is 1. The van der Waals surface area contributed by atoms with Gasteiger partial charge in [-0.05, 0) is 30.7 Å². The number of hydrogen-bond acceptors (Lipinski definition) is 3. The van der Waals surface area contributed by atoms with Crippen LogP contribution in [0.3, 0.4) is 0 Å². The molecule has 1 heterocycles. The highest BCUT2D eigenvalue weighted by Crippen LogP contribution is 2.28. The first kappa shape index (κ1) is 29.8. The van der Waals surface area contributed by atoms with E-state index in [0.29, 0.717) is 17.9 Å². The molecule has 3 rings (SSSR count). The third kappa shape index (κ3) is 10.2. The fraction of sp³-hybridized carbons (Fsp3) is 0.500. The van der Waals surface area contributed by atoms with E-state index in [1.165, 1.54) is 75.3 Å². The van der Waals surface area contributed by atoms with Crippen LogP contribution in [0.5, 0.6) is 5.75 Å². The number of hydrogen-bond donors (Lipinski definition) is 1. The first-order chi connectivity index (χ1) is 18.6. The van der Waals surface area contributed by atoms with Gasteiger partial charge in [-0.3, -0.25) is 4.79 Å². The lowest BCUT2D eigenvalue weighted by Gasteiger charge is -2.13. The Morgan fingerprint density at radius 1 is 0.895 bits per heavy atom. The van der Waals surface area contributed by atoms with E-state index in [1.54, 1.807) is 35.6 Å². The SMILES string of the molecule is CCCCCCCCCCCCCCOc1c(F)cccc1NC(=O)c1ccc(C[n+]2ccsc2C)cc1. The van der Waals surface area contributed by atoms with Crippen molar-refractivity contribution in [2.45, 2.75) is 97.4 Å². The Labute approximate surface area is 232 Å². The van der Waals surface area contributed by atoms with Crippen molar-refractivity contribution in [3.63, 3.8) is 0 Å². The number of unbranched alkanes of at least 4 members (excludes halogenated alkanes) is 11. The summed E-state index contributed by atoms with van der Waals surface area (Å²) in [5.41, 5.74) is 2.00. The molecule has 3 aromatic rings. The number of anilines is 1. The summed E-state index contributed by atoms with van der Waals surface area (Å²) in [6, 6.07) is 12.2. The number of nitrogens with zero attached hydrogens (tertiary/aromatic N) is 1. The van der Waals surface area contributed by atoms with Crippen LogP contribution in [0.1, 0.15) is 105 Å². The van der Waals surface area contributed by atoms with E-state index in [1.807, 2.05) is 12.1 Å². The molecule has 0 unspecified atom stereocenters. The molecule has 6 heteroatoms. The van der Waals surface area contributed by atoms with E-state index in [4.69, 9.17) is 4.74 Å². The first-order valence-electron chi connectivity index (χ1n) is 14.3. The molecule has 0 saturated carbocycles. The van der Waals surface area contributed by atoms with Crippen molar-refractivity contribution in [2.75, 3.05) is 11.9 Å². The summed E-state index contributed by atoms with van der Waals surface area (Å²) in [5, 5.41) is 6.12. The molecule has 1 amide bonds. The van der Waals surface area contributed by atoms with Crippen LogP contribution in [-0.4, -0.2) is 12.5 Å². The molecule has 206 valence electrons. The summed E-state index contributed by atoms with van der Waals surface area (Å²) in [5.74, 6) is -0.623. The normalized spacial score (nSPS) is 11.0. The molecule has 0 aliphatic carbocycles. The van der Waals surface area contributed by atoms with Crippen molar-refractivity contribution in [2.24, 2.45) is 0 Å². The molecule has 0 saturated heterocycles. The van der Waals surface area contributed by atoms with Crippen LogP contribution in [0.2, 0.25) is 0 Å². The minimum absolute atomic E-state index is 0.116. The van der Waals surface area contributed by atoms with Gasteiger partial charge in [0.1, 0.15) is 0 Å². The molecule has 2 aromatic carbocycles. The van der Waals surface area contributed by atoms with Crippen LogP contribution in [0, 0.1) is 12.7 Å². The number of halogens is 1. The summed E-state index contributed by atoms with van der Waals surface area (Å²) >= 11 is 1.71. The molecular weight excluding hydrogens is 495 g/mol. The predicted molar refractivity (Wildman–Crippen MR) is 156 cm³/mol. The zero-order valence-electron chi connectivity index (χ0n) is 23.1. The quantitative estimate of drug-likeness (QED) is 0.130. The van der Waals surface area contributed by atoms with Crippen molar-refractivity contribution < 1.29 is 18.5 Å². The Hall–Kier alpha value is -2.73. The van der Waals surface area contributed by atoms with Crippen LogP contribution in [0.4, 0.5) is 10.1 Å². The first-order valence-corrected chi connectivity index (χ1v) is 15.2. The zero-order chi connectivity index (χ0) is 27.0. The summed E-state index contributed by atoms with van der Waals surface area (Å²) in [4.78, 5) is 12.9. The largest absolute Gasteiger partial charge is 0.488 e. The Balaban J connectivity index is 1.38. The third-order valence-corrected chi connectivity index (χ3v) is 7.75. The third-order valence-electron chi connectivity index (χ3n) is 6.91. The minimum atomic E-state index is -0.458. The molecule has 0 bridgehead atoms. The van der Waals surface area contributed by atoms with Gasteiger partial charge in [0.2, 0.25) is 5.01 Å². The standard InChI is InChI=1S/C32H43FN2O2S/c1-3-4-5-6-7-8-9-10-11-12-13-14-23-37-31-29(33)16-15-17-30(31)34-32(36)28-20-18-27(19-21-28)25-35-22-24-38-26(35)2/h15-22,24H,3-14,23,25H2,1-2H3/p+1. The van der Waals surface area contributed by atoms with Crippen molar-refractivity contribution in [3.8, 4) is 5.75 Å². The van der Waals surface area contributed by atoms with Crippen molar-refractivity contribution in [1.82, 2.24) is 0 Å². The minimum Gasteiger partial charge on any atom is -0.488 e. The number of amides is 1. The van der Waals surface area contributed by atoms with Gasteiger partial charge in [0.15, 0.2) is 24.3 Å². The van der Waals surface area contributed by atoms with E-state index in [-0.39, 0.29) is 11.7 Å². The number of benzene rings is 2. The molecule has 0 radical (unpaired) electrons. The second kappa shape index (κ2) is 17.0. The molecule has 0 spiro atoms. The highest BCUT2D eigenvalue weighted by molar-refractivity contribution is 7.09. The summed E-state index contributed by atoms with van der Waals surface area (Å²) < 4.78 is 22.5. The van der Waals surface area contributed by atoms with Gasteiger partial charge in [0.25, 0.3) is 5.91 Å². The van der Waals surface area contributed by atoms with Gasteiger partial charge >= 0.3 is 0 Å². The Bertz CT molecular complexity index is 1100. The fourth-order valence-corrected chi connectivity index (χ4v) is 5.23. The van der Waals surface area contributed by atoms with E-state index in [2.05, 4.69) is 35.3 Å². The van der Waals surface area contributed by atoms with E-state index in [0.717, 1.165) is 24.9 Å². The molecule has 1 aromatic heterocycles. The fourth-order valence-electron chi connectivity index (χ4n) is 4.56. The molecule has 4 nitrogen and oxygen atoms in total. The lowest BCUT2D eigenvalue weighted by Crippen LogP contribution is -2.34. The van der Waals surface area contributed by atoms with Gasteiger partial charge in [-0.1, -0.05) is 107 Å². The maximum Gasteiger partial charge on any atom is 0.255 e. The zero-order valence-corrected chi connectivity index (χ0v) is 24.0. The summed E-state index contributed by atoms with van der Waals surface area (Å²) in [6.07, 6.45) is 17.2. The maximum absolute atomic E-state index is 14.5. The van der Waals surface area contributed by atoms with E-state index >= 15 is 0 Å². The van der Waals surface area contributed by atoms with Crippen molar-refractivity contribution in [3.05, 3.63) is 76.0 Å². The molecule has 0 aliphatic rings. The van der Waals surface area contributed by atoms with Gasteiger partial charge in [-0.25, -0.2) is 4.39 Å². The lowest BCUT2D eigenvalue weighted by molar-refractivity contribution is -0.689. The Morgan fingerprint density at radius 2 is 1.53 bits per heavy atom. The number of carbonyl (C=O) groups is 1. The summed E-state index contributed by atoms with van der Waals surface area (Å²) in [7, 11) is 0. The van der Waals surface area contributed by atoms with Gasteiger partial charge in [-0.2, -0.15) is 4.57 Å². The van der Waals surface area contributed by atoms with Crippen molar-refractivity contribution in [1.29, 1.82) is 0 Å². The van der Waals surface area contributed by atoms with Crippen LogP contribution in [-0.2, 0) is 6.54 Å². The topological polar surface area (TPSA) is 42.2 Å². The number of aryl methyl sites for hydroxylation is 1. The smallest absolute Gasteiger partial charge is 0.255 e. The number of nitrogens with one attached hydrogen (secondary N) is 1. The van der Waals surface area contributed by atoms with Gasteiger partial charge < -0.3 is 10.1 Å². The van der Waals surface area contributed by atoms with E-state index < -0.39 is 5.82 Å². The number of rotatable bonds is 18. The van der Waals surface area contributed by atoms with Gasteiger partial charge in [-0.15, -0.1) is 0 Å². The van der Waals surface area contributed by atoms with E-state index in [9.17, 15) is 9.18 Å².